The molecule has 0 aliphatic carbocycles. The van der Waals surface area contributed by atoms with Gasteiger partial charge in [-0.15, -0.1) is 0 Å². The number of carbonyl (C=O) groups excluding carboxylic acids is 1. The lowest BCUT2D eigenvalue weighted by Crippen LogP contribution is -2.30. The van der Waals surface area contributed by atoms with Gasteiger partial charge in [0.1, 0.15) is 23.8 Å². The standard InChI is InChI=1S/C29H26BrN3O3S/c1-3-35-23-11-7-22(8-12-23)33-28(34)26(31-29(33)37)16-20-18-32(27-13-6-21(30)17-25(20)27)14-15-36-24-9-4-19(2)5-10-24/h4-13,16-18H,3,14-15H2,1-2H3,(H,31,37)/b26-16-. The van der Waals surface area contributed by atoms with Crippen LogP contribution in [0, 0.1) is 6.92 Å². The van der Waals surface area contributed by atoms with Crippen LogP contribution in [0.25, 0.3) is 17.0 Å². The average molecular weight is 577 g/mol. The Kier molecular flexibility index (Phi) is 7.30. The number of amides is 1. The van der Waals surface area contributed by atoms with Crippen LogP contribution in [0.2, 0.25) is 0 Å². The summed E-state index contributed by atoms with van der Waals surface area (Å²) in [6, 6.07) is 21.5. The summed E-state index contributed by atoms with van der Waals surface area (Å²) in [6.07, 6.45) is 3.90. The Morgan fingerprint density at radius 1 is 1.00 bits per heavy atom. The molecule has 1 amide bonds. The molecule has 5 rings (SSSR count). The zero-order valence-corrected chi connectivity index (χ0v) is 22.9. The Morgan fingerprint density at radius 2 is 1.70 bits per heavy atom. The monoisotopic (exact) mass is 575 g/mol. The van der Waals surface area contributed by atoms with Crippen LogP contribution < -0.4 is 19.7 Å². The summed E-state index contributed by atoms with van der Waals surface area (Å²) in [5.74, 6) is 1.39. The normalized spacial score (nSPS) is 14.5. The van der Waals surface area contributed by atoms with Gasteiger partial charge < -0.3 is 19.4 Å². The van der Waals surface area contributed by atoms with Crippen molar-refractivity contribution in [2.75, 3.05) is 18.1 Å². The fourth-order valence-corrected chi connectivity index (χ4v) is 4.94. The van der Waals surface area contributed by atoms with E-state index in [2.05, 4.69) is 44.9 Å². The molecule has 188 valence electrons. The third-order valence-corrected chi connectivity index (χ3v) is 6.86. The maximum atomic E-state index is 13.3. The first kappa shape index (κ1) is 25.0. The maximum Gasteiger partial charge on any atom is 0.281 e. The number of thiocarbonyl (C=S) groups is 1. The van der Waals surface area contributed by atoms with Crippen molar-refractivity contribution in [3.05, 3.63) is 94.2 Å². The van der Waals surface area contributed by atoms with Crippen molar-refractivity contribution in [3.63, 3.8) is 0 Å². The van der Waals surface area contributed by atoms with E-state index in [9.17, 15) is 4.79 Å². The van der Waals surface area contributed by atoms with E-state index in [0.29, 0.717) is 36.3 Å². The number of anilines is 1. The molecular weight excluding hydrogens is 550 g/mol. The van der Waals surface area contributed by atoms with Crippen LogP contribution in [0.1, 0.15) is 18.1 Å². The van der Waals surface area contributed by atoms with Crippen molar-refractivity contribution >= 4 is 61.8 Å². The number of benzene rings is 3. The average Bonchev–Trinajstić information content (AvgIpc) is 3.36. The van der Waals surface area contributed by atoms with Gasteiger partial charge in [-0.05, 0) is 86.7 Å². The fourth-order valence-electron chi connectivity index (χ4n) is 4.28. The Morgan fingerprint density at radius 3 is 2.43 bits per heavy atom. The molecule has 6 nitrogen and oxygen atoms in total. The Hall–Kier alpha value is -3.62. The first-order valence-electron chi connectivity index (χ1n) is 12.0. The molecule has 37 heavy (non-hydrogen) atoms. The number of nitrogens with one attached hydrogen (secondary N) is 1. The molecule has 4 aromatic rings. The van der Waals surface area contributed by atoms with Gasteiger partial charge >= 0.3 is 0 Å². The third kappa shape index (κ3) is 5.40. The fraction of sp³-hybridized carbons (Fsp3) is 0.172. The van der Waals surface area contributed by atoms with Crippen LogP contribution in [0.5, 0.6) is 11.5 Å². The first-order valence-corrected chi connectivity index (χ1v) is 13.2. The number of nitrogens with zero attached hydrogens (tertiary/aromatic N) is 2. The second-order valence-electron chi connectivity index (χ2n) is 8.66. The predicted octanol–water partition coefficient (Wildman–Crippen LogP) is 6.45. The molecule has 0 spiro atoms. The molecule has 1 aliphatic rings. The van der Waals surface area contributed by atoms with Gasteiger partial charge in [0.25, 0.3) is 5.91 Å². The largest absolute Gasteiger partial charge is 0.494 e. The maximum absolute atomic E-state index is 13.3. The number of aromatic nitrogens is 1. The topological polar surface area (TPSA) is 55.7 Å². The Bertz CT molecular complexity index is 1490. The molecule has 1 fully saturated rings. The Labute approximate surface area is 229 Å². The molecule has 2 heterocycles. The molecule has 3 aromatic carbocycles. The van der Waals surface area contributed by atoms with E-state index < -0.39 is 0 Å². The molecule has 0 atom stereocenters. The lowest BCUT2D eigenvalue weighted by Gasteiger charge is -2.14. The van der Waals surface area contributed by atoms with Crippen molar-refractivity contribution in [1.29, 1.82) is 0 Å². The van der Waals surface area contributed by atoms with Gasteiger partial charge in [0, 0.05) is 27.1 Å². The summed E-state index contributed by atoms with van der Waals surface area (Å²) in [4.78, 5) is 14.8. The van der Waals surface area contributed by atoms with Gasteiger partial charge in [0.15, 0.2) is 5.11 Å². The zero-order valence-electron chi connectivity index (χ0n) is 20.5. The van der Waals surface area contributed by atoms with Gasteiger partial charge in [-0.2, -0.15) is 0 Å². The van der Waals surface area contributed by atoms with E-state index in [4.69, 9.17) is 21.7 Å². The van der Waals surface area contributed by atoms with E-state index in [-0.39, 0.29) is 5.91 Å². The highest BCUT2D eigenvalue weighted by molar-refractivity contribution is 9.10. The van der Waals surface area contributed by atoms with Crippen molar-refractivity contribution in [2.24, 2.45) is 0 Å². The van der Waals surface area contributed by atoms with Crippen molar-refractivity contribution in [1.82, 2.24) is 9.88 Å². The molecule has 1 saturated heterocycles. The number of rotatable bonds is 8. The molecule has 0 saturated carbocycles. The van der Waals surface area contributed by atoms with Crippen molar-refractivity contribution < 1.29 is 14.3 Å². The number of carbonyl (C=O) groups is 1. The molecule has 0 bridgehead atoms. The van der Waals surface area contributed by atoms with Crippen LogP contribution in [0.3, 0.4) is 0 Å². The predicted molar refractivity (Wildman–Crippen MR) is 155 cm³/mol. The van der Waals surface area contributed by atoms with Crippen LogP contribution in [-0.4, -0.2) is 28.8 Å². The summed E-state index contributed by atoms with van der Waals surface area (Å²) in [5.41, 5.74) is 4.28. The second-order valence-corrected chi connectivity index (χ2v) is 9.96. The van der Waals surface area contributed by atoms with Crippen molar-refractivity contribution in [2.45, 2.75) is 20.4 Å². The highest BCUT2D eigenvalue weighted by Crippen LogP contribution is 2.29. The minimum atomic E-state index is -0.201. The third-order valence-electron chi connectivity index (χ3n) is 6.08. The summed E-state index contributed by atoms with van der Waals surface area (Å²) in [6.45, 7) is 5.74. The van der Waals surface area contributed by atoms with Gasteiger partial charge in [0.2, 0.25) is 0 Å². The molecule has 0 radical (unpaired) electrons. The second kappa shape index (κ2) is 10.8. The molecular formula is C29H26BrN3O3S. The van der Waals surface area contributed by atoms with Gasteiger partial charge in [-0.3, -0.25) is 9.69 Å². The summed E-state index contributed by atoms with van der Waals surface area (Å²) < 4.78 is 14.6. The molecule has 1 aromatic heterocycles. The van der Waals surface area contributed by atoms with Gasteiger partial charge in [0.05, 0.1) is 18.8 Å². The lowest BCUT2D eigenvalue weighted by molar-refractivity contribution is -0.113. The summed E-state index contributed by atoms with van der Waals surface area (Å²) in [7, 11) is 0. The highest BCUT2D eigenvalue weighted by Gasteiger charge is 2.32. The van der Waals surface area contributed by atoms with E-state index in [1.807, 2.05) is 73.8 Å². The van der Waals surface area contributed by atoms with Crippen LogP contribution >= 0.6 is 28.1 Å². The number of ether oxygens (including phenoxy) is 2. The molecule has 8 heteroatoms. The molecule has 1 N–H and O–H groups in total. The first-order chi connectivity index (χ1) is 17.9. The van der Waals surface area contributed by atoms with Crippen LogP contribution in [0.4, 0.5) is 5.69 Å². The lowest BCUT2D eigenvalue weighted by atomic mass is 10.1. The number of aryl methyl sites for hydroxylation is 1. The van der Waals surface area contributed by atoms with E-state index in [1.54, 1.807) is 0 Å². The van der Waals surface area contributed by atoms with Crippen molar-refractivity contribution in [3.8, 4) is 11.5 Å². The Balaban J connectivity index is 1.39. The zero-order chi connectivity index (χ0) is 25.9. The van der Waals surface area contributed by atoms with E-state index in [1.165, 1.54) is 10.5 Å². The van der Waals surface area contributed by atoms with E-state index >= 15 is 0 Å². The number of hydrogen-bond acceptors (Lipinski definition) is 4. The highest BCUT2D eigenvalue weighted by atomic mass is 79.9. The van der Waals surface area contributed by atoms with Gasteiger partial charge in [-0.25, -0.2) is 0 Å². The quantitative estimate of drug-likeness (QED) is 0.193. The van der Waals surface area contributed by atoms with Gasteiger partial charge in [-0.1, -0.05) is 33.6 Å². The SMILES string of the molecule is CCOc1ccc(N2C(=O)/C(=C/c3cn(CCOc4ccc(C)cc4)c4ccc(Br)cc34)NC2=S)cc1. The number of halogens is 1. The molecule has 1 aliphatic heterocycles. The smallest absolute Gasteiger partial charge is 0.281 e. The number of hydrogen-bond donors (Lipinski definition) is 1. The minimum Gasteiger partial charge on any atom is -0.494 e. The summed E-state index contributed by atoms with van der Waals surface area (Å²) in [5, 5.41) is 4.46. The number of fused-ring (bicyclic) bond motifs is 1. The van der Waals surface area contributed by atoms with E-state index in [0.717, 1.165) is 32.4 Å². The minimum absolute atomic E-state index is 0.201. The molecule has 0 unspecified atom stereocenters. The summed E-state index contributed by atoms with van der Waals surface area (Å²) >= 11 is 9.08. The van der Waals surface area contributed by atoms with Crippen LogP contribution in [0.15, 0.2) is 83.1 Å². The van der Waals surface area contributed by atoms with Crippen LogP contribution in [-0.2, 0) is 11.3 Å².